The summed E-state index contributed by atoms with van der Waals surface area (Å²) in [5, 5.41) is 13.2. The maximum absolute atomic E-state index is 9.75. The fourth-order valence-electron chi connectivity index (χ4n) is 2.23. The molecule has 1 aliphatic rings. The van der Waals surface area contributed by atoms with Crippen molar-refractivity contribution in [2.45, 2.75) is 35.7 Å². The van der Waals surface area contributed by atoms with Gasteiger partial charge >= 0.3 is 0 Å². The molecule has 3 rings (SSSR count). The van der Waals surface area contributed by atoms with Crippen LogP contribution in [-0.2, 0) is 6.42 Å². The number of aliphatic hydroxyl groups is 1. The van der Waals surface area contributed by atoms with Crippen LogP contribution in [-0.4, -0.2) is 11.2 Å². The Bertz CT molecular complexity index is 597. The SMILES string of the molecule is CCC(O)Cc1ccc2c(c1)Nc1ccccc1S2. The normalized spacial score (nSPS) is 14.2. The number of anilines is 2. The third-order valence-corrected chi connectivity index (χ3v) is 4.51. The van der Waals surface area contributed by atoms with Crippen LogP contribution in [0.1, 0.15) is 18.9 Å². The minimum atomic E-state index is -0.249. The predicted octanol–water partition coefficient (Wildman–Crippen LogP) is 4.21. The molecule has 0 saturated carbocycles. The number of para-hydroxylation sites is 1. The van der Waals surface area contributed by atoms with Crippen LogP contribution in [0.4, 0.5) is 11.4 Å². The second-order valence-electron chi connectivity index (χ2n) is 4.82. The molecule has 19 heavy (non-hydrogen) atoms. The zero-order chi connectivity index (χ0) is 13.2. The Kier molecular flexibility index (Phi) is 3.49. The second kappa shape index (κ2) is 5.27. The summed E-state index contributed by atoms with van der Waals surface area (Å²) in [4.78, 5) is 2.50. The highest BCUT2D eigenvalue weighted by atomic mass is 32.2. The van der Waals surface area contributed by atoms with E-state index in [1.54, 1.807) is 11.8 Å². The smallest absolute Gasteiger partial charge is 0.0578 e. The summed E-state index contributed by atoms with van der Waals surface area (Å²) in [6.45, 7) is 2.01. The first-order chi connectivity index (χ1) is 9.26. The van der Waals surface area contributed by atoms with Gasteiger partial charge < -0.3 is 10.4 Å². The lowest BCUT2D eigenvalue weighted by atomic mass is 10.1. The van der Waals surface area contributed by atoms with Gasteiger partial charge in [-0.05, 0) is 42.7 Å². The molecule has 2 nitrogen and oxygen atoms in total. The minimum absolute atomic E-state index is 0.249. The molecule has 0 bridgehead atoms. The van der Waals surface area contributed by atoms with E-state index in [0.717, 1.165) is 24.2 Å². The molecule has 0 spiro atoms. The van der Waals surface area contributed by atoms with Crippen molar-refractivity contribution in [1.82, 2.24) is 0 Å². The van der Waals surface area contributed by atoms with Crippen LogP contribution in [0.2, 0.25) is 0 Å². The van der Waals surface area contributed by atoms with Gasteiger partial charge in [0.15, 0.2) is 0 Å². The monoisotopic (exact) mass is 271 g/mol. The number of nitrogens with one attached hydrogen (secondary N) is 1. The Morgan fingerprint density at radius 2 is 1.89 bits per heavy atom. The number of hydrogen-bond acceptors (Lipinski definition) is 3. The van der Waals surface area contributed by atoms with Crippen LogP contribution in [0.25, 0.3) is 0 Å². The van der Waals surface area contributed by atoms with Crippen LogP contribution in [0.15, 0.2) is 52.3 Å². The highest BCUT2D eigenvalue weighted by Crippen LogP contribution is 2.44. The number of hydrogen-bond donors (Lipinski definition) is 2. The van der Waals surface area contributed by atoms with Gasteiger partial charge in [-0.15, -0.1) is 0 Å². The molecule has 1 unspecified atom stereocenters. The summed E-state index contributed by atoms with van der Waals surface area (Å²) in [5.74, 6) is 0. The summed E-state index contributed by atoms with van der Waals surface area (Å²) < 4.78 is 0. The second-order valence-corrected chi connectivity index (χ2v) is 5.90. The van der Waals surface area contributed by atoms with Crippen molar-refractivity contribution in [3.05, 3.63) is 48.0 Å². The van der Waals surface area contributed by atoms with E-state index in [1.165, 1.54) is 15.4 Å². The molecule has 2 N–H and O–H groups in total. The van der Waals surface area contributed by atoms with Gasteiger partial charge in [-0.3, -0.25) is 0 Å². The Balaban J connectivity index is 1.87. The number of aliphatic hydroxyl groups excluding tert-OH is 1. The fraction of sp³-hybridized carbons (Fsp3) is 0.250. The lowest BCUT2D eigenvalue weighted by molar-refractivity contribution is 0.171. The molecule has 0 radical (unpaired) electrons. The molecule has 0 aliphatic carbocycles. The van der Waals surface area contributed by atoms with Gasteiger partial charge in [0.1, 0.15) is 0 Å². The number of fused-ring (bicyclic) bond motifs is 2. The zero-order valence-corrected chi connectivity index (χ0v) is 11.7. The summed E-state index contributed by atoms with van der Waals surface area (Å²) in [7, 11) is 0. The van der Waals surface area contributed by atoms with Crippen LogP contribution in [0.3, 0.4) is 0 Å². The quantitative estimate of drug-likeness (QED) is 0.748. The molecule has 1 aliphatic heterocycles. The van der Waals surface area contributed by atoms with E-state index in [2.05, 4.69) is 41.7 Å². The van der Waals surface area contributed by atoms with Crippen molar-refractivity contribution in [2.24, 2.45) is 0 Å². The molecule has 0 amide bonds. The molecule has 0 saturated heterocycles. The summed E-state index contributed by atoms with van der Waals surface area (Å²) in [6.07, 6.45) is 1.27. The highest BCUT2D eigenvalue weighted by Gasteiger charge is 2.15. The van der Waals surface area contributed by atoms with Gasteiger partial charge in [-0.25, -0.2) is 0 Å². The molecule has 0 aromatic heterocycles. The summed E-state index contributed by atoms with van der Waals surface area (Å²) in [6, 6.07) is 14.7. The van der Waals surface area contributed by atoms with Crippen molar-refractivity contribution >= 4 is 23.1 Å². The maximum Gasteiger partial charge on any atom is 0.0578 e. The van der Waals surface area contributed by atoms with E-state index in [9.17, 15) is 5.11 Å². The van der Waals surface area contributed by atoms with Gasteiger partial charge in [0.05, 0.1) is 17.5 Å². The van der Waals surface area contributed by atoms with Crippen LogP contribution >= 0.6 is 11.8 Å². The van der Waals surface area contributed by atoms with Gasteiger partial charge in [-0.1, -0.05) is 36.9 Å². The van der Waals surface area contributed by atoms with E-state index in [1.807, 2.05) is 13.0 Å². The van der Waals surface area contributed by atoms with E-state index in [4.69, 9.17) is 0 Å². The van der Waals surface area contributed by atoms with Gasteiger partial charge in [0.2, 0.25) is 0 Å². The molecule has 3 heteroatoms. The van der Waals surface area contributed by atoms with E-state index in [-0.39, 0.29) is 6.10 Å². The molecular formula is C16H17NOS. The third-order valence-electron chi connectivity index (χ3n) is 3.36. The highest BCUT2D eigenvalue weighted by molar-refractivity contribution is 7.99. The standard InChI is InChI=1S/C16H17NOS/c1-2-12(18)9-11-7-8-16-14(10-11)17-13-5-3-4-6-15(13)19-16/h3-8,10,12,17-18H,2,9H2,1H3. The third kappa shape index (κ3) is 2.62. The molecule has 98 valence electrons. The maximum atomic E-state index is 9.75. The average molecular weight is 271 g/mol. The van der Waals surface area contributed by atoms with Crippen molar-refractivity contribution in [1.29, 1.82) is 0 Å². The molecule has 2 aromatic rings. The van der Waals surface area contributed by atoms with E-state index < -0.39 is 0 Å². The van der Waals surface area contributed by atoms with Crippen molar-refractivity contribution in [3.8, 4) is 0 Å². The first kappa shape index (κ1) is 12.6. The van der Waals surface area contributed by atoms with Gasteiger partial charge in [0, 0.05) is 9.79 Å². The molecule has 2 aromatic carbocycles. The Labute approximate surface area is 117 Å². The Hall–Kier alpha value is -1.45. The largest absolute Gasteiger partial charge is 0.393 e. The van der Waals surface area contributed by atoms with Crippen LogP contribution in [0, 0.1) is 0 Å². The summed E-state index contributed by atoms with van der Waals surface area (Å²) in [5.41, 5.74) is 3.48. The van der Waals surface area contributed by atoms with Crippen molar-refractivity contribution < 1.29 is 5.11 Å². The van der Waals surface area contributed by atoms with Gasteiger partial charge in [0.25, 0.3) is 0 Å². The first-order valence-corrected chi connectivity index (χ1v) is 7.43. The lowest BCUT2D eigenvalue weighted by Crippen LogP contribution is -2.09. The van der Waals surface area contributed by atoms with Crippen molar-refractivity contribution in [2.75, 3.05) is 5.32 Å². The molecular weight excluding hydrogens is 254 g/mol. The molecule has 1 atom stereocenters. The minimum Gasteiger partial charge on any atom is -0.393 e. The number of rotatable bonds is 3. The Morgan fingerprint density at radius 1 is 1.11 bits per heavy atom. The Morgan fingerprint density at radius 3 is 2.74 bits per heavy atom. The van der Waals surface area contributed by atoms with Crippen LogP contribution < -0.4 is 5.32 Å². The average Bonchev–Trinajstić information content (AvgIpc) is 2.45. The van der Waals surface area contributed by atoms with E-state index >= 15 is 0 Å². The fourth-order valence-corrected chi connectivity index (χ4v) is 3.20. The molecule has 1 heterocycles. The van der Waals surface area contributed by atoms with Crippen LogP contribution in [0.5, 0.6) is 0 Å². The topological polar surface area (TPSA) is 32.3 Å². The molecule has 0 fully saturated rings. The first-order valence-electron chi connectivity index (χ1n) is 6.61. The predicted molar refractivity (Wildman–Crippen MR) is 80.3 cm³/mol. The number of benzene rings is 2. The van der Waals surface area contributed by atoms with E-state index in [0.29, 0.717) is 0 Å². The lowest BCUT2D eigenvalue weighted by Gasteiger charge is -2.21. The zero-order valence-electron chi connectivity index (χ0n) is 10.9. The summed E-state index contributed by atoms with van der Waals surface area (Å²) >= 11 is 1.79. The van der Waals surface area contributed by atoms with Gasteiger partial charge in [-0.2, -0.15) is 0 Å². The van der Waals surface area contributed by atoms with Crippen molar-refractivity contribution in [3.63, 3.8) is 0 Å².